The second kappa shape index (κ2) is 5.01. The van der Waals surface area contributed by atoms with E-state index in [2.05, 4.69) is 21.2 Å². The molecule has 2 N–H and O–H groups in total. The fraction of sp³-hybridized carbons (Fsp3) is 0.500. The average molecular weight is 332 g/mol. The van der Waals surface area contributed by atoms with E-state index >= 15 is 0 Å². The van der Waals surface area contributed by atoms with Gasteiger partial charge in [0.25, 0.3) is 5.91 Å². The predicted octanol–water partition coefficient (Wildman–Crippen LogP) is 2.80. The molecule has 0 radical (unpaired) electrons. The molecule has 0 bridgehead atoms. The Hall–Kier alpha value is -0.880. The van der Waals surface area contributed by atoms with Crippen LogP contribution >= 0.6 is 27.3 Å². The third kappa shape index (κ3) is 2.44. The van der Waals surface area contributed by atoms with Crippen LogP contribution < -0.4 is 5.32 Å². The first kappa shape index (κ1) is 13.5. The van der Waals surface area contributed by atoms with Gasteiger partial charge in [-0.2, -0.15) is 0 Å². The van der Waals surface area contributed by atoms with Crippen LogP contribution in [0.3, 0.4) is 0 Å². The van der Waals surface area contributed by atoms with Crippen LogP contribution in [0.1, 0.15) is 34.5 Å². The maximum Gasteiger partial charge on any atom is 0.311 e. The molecular weight excluding hydrogens is 318 g/mol. The third-order valence-electron chi connectivity index (χ3n) is 3.43. The Morgan fingerprint density at radius 1 is 1.56 bits per heavy atom. The van der Waals surface area contributed by atoms with Crippen molar-refractivity contribution < 1.29 is 14.7 Å². The van der Waals surface area contributed by atoms with Crippen LogP contribution in [0.5, 0.6) is 0 Å². The molecule has 0 saturated heterocycles. The Morgan fingerprint density at radius 2 is 2.22 bits per heavy atom. The van der Waals surface area contributed by atoms with Gasteiger partial charge >= 0.3 is 5.97 Å². The van der Waals surface area contributed by atoms with E-state index in [4.69, 9.17) is 5.11 Å². The van der Waals surface area contributed by atoms with E-state index in [-0.39, 0.29) is 12.5 Å². The SMILES string of the molecule is Cc1cc(C(=O)NCC2(C(=O)O)CCC2)sc1Br. The predicted molar refractivity (Wildman–Crippen MR) is 73.0 cm³/mol. The number of carboxylic acid groups (broad SMARTS) is 1. The lowest BCUT2D eigenvalue weighted by Crippen LogP contribution is -2.47. The first-order valence-corrected chi connectivity index (χ1v) is 7.33. The fourth-order valence-corrected chi connectivity index (χ4v) is 3.43. The summed E-state index contributed by atoms with van der Waals surface area (Å²) in [6.45, 7) is 2.14. The lowest BCUT2D eigenvalue weighted by atomic mass is 9.69. The molecule has 6 heteroatoms. The summed E-state index contributed by atoms with van der Waals surface area (Å²) in [5.74, 6) is -1.00. The quantitative estimate of drug-likeness (QED) is 0.891. The summed E-state index contributed by atoms with van der Waals surface area (Å²) in [7, 11) is 0. The Labute approximate surface area is 118 Å². The van der Waals surface area contributed by atoms with E-state index in [1.807, 2.05) is 6.92 Å². The largest absolute Gasteiger partial charge is 0.481 e. The minimum absolute atomic E-state index is 0.193. The number of thiophene rings is 1. The number of aryl methyl sites for hydroxylation is 1. The number of carboxylic acids is 1. The number of halogens is 1. The van der Waals surface area contributed by atoms with E-state index in [1.54, 1.807) is 6.07 Å². The molecule has 1 aliphatic rings. The third-order valence-corrected chi connectivity index (χ3v) is 5.57. The van der Waals surface area contributed by atoms with Crippen molar-refractivity contribution >= 4 is 39.1 Å². The summed E-state index contributed by atoms with van der Waals surface area (Å²) in [5, 5.41) is 11.9. The van der Waals surface area contributed by atoms with Gasteiger partial charge in [0.1, 0.15) is 0 Å². The van der Waals surface area contributed by atoms with E-state index in [0.717, 1.165) is 15.8 Å². The molecule has 1 heterocycles. The van der Waals surface area contributed by atoms with Crippen molar-refractivity contribution in [2.45, 2.75) is 26.2 Å². The highest BCUT2D eigenvalue weighted by Crippen LogP contribution is 2.40. The molecule has 0 unspecified atom stereocenters. The number of amides is 1. The molecular formula is C12H14BrNO3S. The van der Waals surface area contributed by atoms with Gasteiger partial charge in [-0.15, -0.1) is 11.3 Å². The summed E-state index contributed by atoms with van der Waals surface area (Å²) >= 11 is 4.73. The molecule has 1 aliphatic carbocycles. The van der Waals surface area contributed by atoms with Gasteiger partial charge in [0, 0.05) is 6.54 Å². The number of hydrogen-bond donors (Lipinski definition) is 2. The second-order valence-electron chi connectivity index (χ2n) is 4.69. The van der Waals surface area contributed by atoms with Gasteiger partial charge in [0.15, 0.2) is 0 Å². The van der Waals surface area contributed by atoms with Crippen LogP contribution in [0.25, 0.3) is 0 Å². The van der Waals surface area contributed by atoms with Gasteiger partial charge in [0.2, 0.25) is 0 Å². The summed E-state index contributed by atoms with van der Waals surface area (Å²) in [6.07, 6.45) is 2.22. The van der Waals surface area contributed by atoms with Crippen molar-refractivity contribution in [2.75, 3.05) is 6.54 Å². The maximum atomic E-state index is 11.9. The lowest BCUT2D eigenvalue weighted by Gasteiger charge is -2.37. The van der Waals surface area contributed by atoms with Gasteiger partial charge in [-0.25, -0.2) is 0 Å². The minimum atomic E-state index is -0.808. The van der Waals surface area contributed by atoms with Gasteiger partial charge in [-0.05, 0) is 47.3 Å². The highest BCUT2D eigenvalue weighted by Gasteiger charge is 2.44. The molecule has 0 spiro atoms. The Bertz CT molecular complexity index is 474. The second-order valence-corrected chi connectivity index (χ2v) is 7.06. The first-order chi connectivity index (χ1) is 8.44. The highest BCUT2D eigenvalue weighted by molar-refractivity contribution is 9.11. The Morgan fingerprint density at radius 3 is 2.61 bits per heavy atom. The number of hydrogen-bond acceptors (Lipinski definition) is 3. The molecule has 18 heavy (non-hydrogen) atoms. The van der Waals surface area contributed by atoms with E-state index in [0.29, 0.717) is 17.7 Å². The summed E-state index contributed by atoms with van der Waals surface area (Å²) in [5.41, 5.74) is 0.279. The Kier molecular flexibility index (Phi) is 3.77. The molecule has 1 aromatic rings. The van der Waals surface area contributed by atoms with Crippen molar-refractivity contribution in [3.63, 3.8) is 0 Å². The zero-order valence-electron chi connectivity index (χ0n) is 9.96. The van der Waals surface area contributed by atoms with Gasteiger partial charge in [0.05, 0.1) is 14.1 Å². The molecule has 1 aromatic heterocycles. The van der Waals surface area contributed by atoms with Crippen LogP contribution in [0.4, 0.5) is 0 Å². The average Bonchev–Trinajstić information content (AvgIpc) is 2.57. The number of aliphatic carboxylic acids is 1. The molecule has 0 atom stereocenters. The molecule has 98 valence electrons. The minimum Gasteiger partial charge on any atom is -0.481 e. The van der Waals surface area contributed by atoms with E-state index < -0.39 is 11.4 Å². The highest BCUT2D eigenvalue weighted by atomic mass is 79.9. The standard InChI is InChI=1S/C12H14BrNO3S/c1-7-5-8(18-9(7)13)10(15)14-6-12(11(16)17)3-2-4-12/h5H,2-4,6H2,1H3,(H,14,15)(H,16,17). The van der Waals surface area contributed by atoms with Crippen LogP contribution in [0, 0.1) is 12.3 Å². The molecule has 1 amide bonds. The summed E-state index contributed by atoms with van der Waals surface area (Å²) in [4.78, 5) is 23.7. The van der Waals surface area contributed by atoms with Gasteiger partial charge < -0.3 is 10.4 Å². The van der Waals surface area contributed by atoms with Gasteiger partial charge in [-0.3, -0.25) is 9.59 Å². The van der Waals surface area contributed by atoms with Crippen LogP contribution in [-0.2, 0) is 4.79 Å². The molecule has 1 fully saturated rings. The zero-order valence-corrected chi connectivity index (χ0v) is 12.4. The van der Waals surface area contributed by atoms with Crippen LogP contribution in [-0.4, -0.2) is 23.5 Å². The smallest absolute Gasteiger partial charge is 0.311 e. The monoisotopic (exact) mass is 331 g/mol. The van der Waals surface area contributed by atoms with E-state index in [1.165, 1.54) is 11.3 Å². The molecule has 0 aromatic carbocycles. The normalized spacial score (nSPS) is 17.0. The molecule has 2 rings (SSSR count). The molecule has 1 saturated carbocycles. The number of nitrogens with one attached hydrogen (secondary N) is 1. The molecule has 0 aliphatic heterocycles. The molecule has 4 nitrogen and oxygen atoms in total. The van der Waals surface area contributed by atoms with Crippen molar-refractivity contribution in [1.82, 2.24) is 5.32 Å². The van der Waals surface area contributed by atoms with Crippen molar-refractivity contribution in [3.8, 4) is 0 Å². The van der Waals surface area contributed by atoms with Crippen molar-refractivity contribution in [3.05, 3.63) is 20.3 Å². The maximum absolute atomic E-state index is 11.9. The van der Waals surface area contributed by atoms with Crippen molar-refractivity contribution in [2.24, 2.45) is 5.41 Å². The number of carbonyl (C=O) groups is 2. The number of rotatable bonds is 4. The van der Waals surface area contributed by atoms with Crippen LogP contribution in [0.2, 0.25) is 0 Å². The summed E-state index contributed by atoms with van der Waals surface area (Å²) in [6, 6.07) is 1.80. The first-order valence-electron chi connectivity index (χ1n) is 5.72. The lowest BCUT2D eigenvalue weighted by molar-refractivity contribution is -0.153. The topological polar surface area (TPSA) is 66.4 Å². The summed E-state index contributed by atoms with van der Waals surface area (Å²) < 4.78 is 0.934. The van der Waals surface area contributed by atoms with E-state index in [9.17, 15) is 9.59 Å². The van der Waals surface area contributed by atoms with Crippen LogP contribution in [0.15, 0.2) is 9.85 Å². The van der Waals surface area contributed by atoms with Gasteiger partial charge in [-0.1, -0.05) is 6.42 Å². The number of carbonyl (C=O) groups excluding carboxylic acids is 1. The Balaban J connectivity index is 1.98. The zero-order chi connectivity index (χ0) is 13.3. The van der Waals surface area contributed by atoms with Crippen molar-refractivity contribution in [1.29, 1.82) is 0 Å². The fourth-order valence-electron chi connectivity index (χ4n) is 1.98.